The molecule has 0 unspecified atom stereocenters. The zero-order valence-corrected chi connectivity index (χ0v) is 22.0. The zero-order valence-electron chi connectivity index (χ0n) is 21.1. The number of carbonyl (C=O) groups is 2. The van der Waals surface area contributed by atoms with E-state index in [1.54, 1.807) is 5.10 Å². The molecule has 2 amide bonds. The quantitative estimate of drug-likeness (QED) is 0.204. The van der Waals surface area contributed by atoms with Gasteiger partial charge in [0.25, 0.3) is 17.4 Å². The minimum Gasteiger partial charge on any atom is -0.381 e. The summed E-state index contributed by atoms with van der Waals surface area (Å²) >= 11 is 4.48. The summed E-state index contributed by atoms with van der Waals surface area (Å²) < 4.78 is 84.0. The number of hydrogen-bond acceptors (Lipinski definition) is 10. The minimum absolute atomic E-state index is 0.0331. The van der Waals surface area contributed by atoms with Gasteiger partial charge in [-0.15, -0.1) is 12.6 Å². The van der Waals surface area contributed by atoms with Gasteiger partial charge in [-0.2, -0.15) is 31.4 Å². The molecule has 0 saturated carbocycles. The molecule has 4 heterocycles. The van der Waals surface area contributed by atoms with Gasteiger partial charge in [-0.3, -0.25) is 14.4 Å². The van der Waals surface area contributed by atoms with Crippen LogP contribution in [0.15, 0.2) is 23.3 Å². The molecule has 2 aromatic rings. The van der Waals surface area contributed by atoms with Crippen molar-refractivity contribution in [2.45, 2.75) is 23.3 Å². The molecule has 12 nitrogen and oxygen atoms in total. The van der Waals surface area contributed by atoms with Crippen molar-refractivity contribution in [3.63, 3.8) is 0 Å². The van der Waals surface area contributed by atoms with Crippen LogP contribution in [-0.2, 0) is 26.7 Å². The number of hydrogen-bond donors (Lipinski definition) is 4. The summed E-state index contributed by atoms with van der Waals surface area (Å²) in [5.41, 5.74) is -4.59. The molecular formula is C22H23F6N7O5S. The minimum atomic E-state index is -4.94. The number of aromatic amines is 1. The molecule has 224 valence electrons. The lowest BCUT2D eigenvalue weighted by Crippen LogP contribution is -2.70. The number of fused-ring (bicyclic) bond motifs is 3. The topological polar surface area (TPSA) is 144 Å². The van der Waals surface area contributed by atoms with Crippen LogP contribution in [0, 0.1) is 0 Å². The summed E-state index contributed by atoms with van der Waals surface area (Å²) in [6, 6.07) is 0.803. The van der Waals surface area contributed by atoms with E-state index < -0.39 is 64.1 Å². The number of amides is 2. The lowest BCUT2D eigenvalue weighted by Gasteiger charge is -2.52. The average Bonchev–Trinajstić information content (AvgIpc) is 2.89. The van der Waals surface area contributed by atoms with E-state index in [2.05, 4.69) is 28.0 Å². The number of thiol groups is 1. The van der Waals surface area contributed by atoms with Gasteiger partial charge in [0.1, 0.15) is 5.56 Å². The van der Waals surface area contributed by atoms with E-state index in [-0.39, 0.29) is 44.3 Å². The zero-order chi connectivity index (χ0) is 30.3. The van der Waals surface area contributed by atoms with E-state index in [9.17, 15) is 45.8 Å². The number of alkyl halides is 6. The maximum absolute atomic E-state index is 13.2. The number of aliphatic hydroxyl groups excluding tert-OH is 1. The molecule has 2 aliphatic heterocycles. The molecule has 2 aromatic heterocycles. The van der Waals surface area contributed by atoms with Crippen LogP contribution in [0.4, 0.5) is 43.5 Å². The number of piperazine rings is 1. The fourth-order valence-corrected chi connectivity index (χ4v) is 4.99. The van der Waals surface area contributed by atoms with Crippen molar-refractivity contribution in [1.29, 1.82) is 0 Å². The summed E-state index contributed by atoms with van der Waals surface area (Å²) in [7, 11) is 1.26. The van der Waals surface area contributed by atoms with Gasteiger partial charge in [0.05, 0.1) is 42.9 Å². The van der Waals surface area contributed by atoms with Crippen LogP contribution in [0.5, 0.6) is 0 Å². The Labute approximate surface area is 232 Å². The SMILES string of the molecule is CN1C(=O)[C@@]2(S)CN(C(=O)[C@@H](O)COCCNc3cn[nH]c(=O)c3C(F)(F)F)CCN2c2ncc(C(F)(F)F)cc21. The number of halogens is 6. The number of rotatable bonds is 7. The van der Waals surface area contributed by atoms with Gasteiger partial charge in [0.2, 0.25) is 0 Å². The number of anilines is 3. The third-order valence-corrected chi connectivity index (χ3v) is 7.04. The first-order valence-electron chi connectivity index (χ1n) is 11.8. The molecule has 3 N–H and O–H groups in total. The van der Waals surface area contributed by atoms with Crippen molar-refractivity contribution in [3.8, 4) is 0 Å². The van der Waals surface area contributed by atoms with Crippen LogP contribution >= 0.6 is 12.6 Å². The first-order chi connectivity index (χ1) is 19.1. The molecule has 1 saturated heterocycles. The smallest absolute Gasteiger partial charge is 0.381 e. The molecule has 2 aliphatic rings. The number of nitrogens with one attached hydrogen (secondary N) is 2. The number of aliphatic hydroxyl groups is 1. The second kappa shape index (κ2) is 11.0. The van der Waals surface area contributed by atoms with Gasteiger partial charge >= 0.3 is 12.4 Å². The molecule has 41 heavy (non-hydrogen) atoms. The number of pyridine rings is 1. The molecule has 4 rings (SSSR count). The van der Waals surface area contributed by atoms with Crippen LogP contribution in [0.1, 0.15) is 11.1 Å². The highest BCUT2D eigenvalue weighted by atomic mass is 32.1. The van der Waals surface area contributed by atoms with Crippen molar-refractivity contribution in [2.24, 2.45) is 0 Å². The van der Waals surface area contributed by atoms with E-state index in [1.165, 1.54) is 11.9 Å². The normalized spacial score (nSPS) is 20.0. The summed E-state index contributed by atoms with van der Waals surface area (Å²) in [6.45, 7) is -1.44. The van der Waals surface area contributed by atoms with Crippen LogP contribution in [0.25, 0.3) is 0 Å². The van der Waals surface area contributed by atoms with E-state index >= 15 is 0 Å². The number of aromatic nitrogens is 3. The Morgan fingerprint density at radius 2 is 1.93 bits per heavy atom. The molecule has 0 bridgehead atoms. The predicted octanol–water partition coefficient (Wildman–Crippen LogP) is 0.943. The van der Waals surface area contributed by atoms with Crippen molar-refractivity contribution in [1.82, 2.24) is 20.1 Å². The van der Waals surface area contributed by atoms with Gasteiger partial charge in [-0.25, -0.2) is 10.1 Å². The van der Waals surface area contributed by atoms with Gasteiger partial charge in [0.15, 0.2) is 16.8 Å². The Morgan fingerprint density at radius 3 is 2.59 bits per heavy atom. The number of carbonyl (C=O) groups excluding carboxylic acids is 2. The van der Waals surface area contributed by atoms with Crippen molar-refractivity contribution < 1.29 is 45.8 Å². The van der Waals surface area contributed by atoms with Crippen LogP contribution in [-0.4, -0.2) is 94.4 Å². The first kappa shape index (κ1) is 30.4. The van der Waals surface area contributed by atoms with E-state index in [0.717, 1.165) is 22.1 Å². The average molecular weight is 612 g/mol. The van der Waals surface area contributed by atoms with Gasteiger partial charge < -0.3 is 29.9 Å². The lowest BCUT2D eigenvalue weighted by molar-refractivity contribution is -0.145. The Hall–Kier alpha value is -3.58. The first-order valence-corrected chi connectivity index (χ1v) is 12.3. The van der Waals surface area contributed by atoms with Crippen molar-refractivity contribution in [2.75, 3.05) is 61.6 Å². The third-order valence-electron chi connectivity index (χ3n) is 6.46. The second-order valence-electron chi connectivity index (χ2n) is 9.16. The predicted molar refractivity (Wildman–Crippen MR) is 133 cm³/mol. The van der Waals surface area contributed by atoms with E-state index in [0.29, 0.717) is 6.20 Å². The molecule has 1 fully saturated rings. The number of nitrogens with zero attached hydrogens (tertiary/aromatic N) is 5. The molecule has 2 atom stereocenters. The number of likely N-dealkylation sites (N-methyl/N-ethyl adjacent to an activating group) is 1. The number of H-pyrrole nitrogens is 1. The summed E-state index contributed by atoms with van der Waals surface area (Å²) in [5.74, 6) is -1.47. The molecule has 0 radical (unpaired) electrons. The van der Waals surface area contributed by atoms with Gasteiger partial charge in [-0.1, -0.05) is 0 Å². The Kier molecular flexibility index (Phi) is 8.16. The highest BCUT2D eigenvalue weighted by molar-refractivity contribution is 7.83. The lowest BCUT2D eigenvalue weighted by atomic mass is 10.0. The molecular weight excluding hydrogens is 588 g/mol. The summed E-state index contributed by atoms with van der Waals surface area (Å²) in [6.07, 6.45) is -9.90. The van der Waals surface area contributed by atoms with Crippen LogP contribution in [0.3, 0.4) is 0 Å². The Bertz CT molecular complexity index is 1390. The summed E-state index contributed by atoms with van der Waals surface area (Å²) in [4.78, 5) is 43.3. The fraction of sp³-hybridized carbons (Fsp3) is 0.500. The second-order valence-corrected chi connectivity index (χ2v) is 9.90. The molecule has 0 aromatic carbocycles. The molecule has 0 spiro atoms. The maximum Gasteiger partial charge on any atom is 0.423 e. The largest absolute Gasteiger partial charge is 0.423 e. The highest BCUT2D eigenvalue weighted by Gasteiger charge is 2.53. The maximum atomic E-state index is 13.2. The van der Waals surface area contributed by atoms with E-state index in [1.807, 2.05) is 0 Å². The fourth-order valence-electron chi connectivity index (χ4n) is 4.47. The van der Waals surface area contributed by atoms with Crippen molar-refractivity contribution in [3.05, 3.63) is 39.9 Å². The third kappa shape index (κ3) is 5.91. The standard InChI is InChI=1S/C22H23F6N7O5S/c1-33-13-6-11(21(23,24)25)7-30-16(13)35-4-3-34(10-20(35,41)19(33)39)18(38)14(36)9-40-5-2-29-12-8-31-32-17(37)15(12)22(26,27)28/h6-8,14,36,41H,2-5,9-10H2,1H3,(H2,29,32,37)/t14-,20-/m0/s1. The van der Waals surface area contributed by atoms with Crippen LogP contribution < -0.4 is 20.7 Å². The van der Waals surface area contributed by atoms with Gasteiger partial charge in [-0.05, 0) is 6.07 Å². The van der Waals surface area contributed by atoms with Crippen LogP contribution in [0.2, 0.25) is 0 Å². The summed E-state index contributed by atoms with van der Waals surface area (Å²) in [5, 5.41) is 17.7. The monoisotopic (exact) mass is 611 g/mol. The molecule has 19 heteroatoms. The van der Waals surface area contributed by atoms with E-state index in [4.69, 9.17) is 4.74 Å². The highest BCUT2D eigenvalue weighted by Crippen LogP contribution is 2.44. The number of ether oxygens (including phenoxy) is 1. The van der Waals surface area contributed by atoms with Crippen molar-refractivity contribution >= 4 is 41.6 Å². The Balaban J connectivity index is 1.35. The molecule has 0 aliphatic carbocycles. The Morgan fingerprint density at radius 1 is 1.22 bits per heavy atom. The van der Waals surface area contributed by atoms with Gasteiger partial charge in [0, 0.05) is 32.9 Å².